The molecule has 0 bridgehead atoms. The van der Waals surface area contributed by atoms with Crippen LogP contribution in [0.4, 0.5) is 11.4 Å². The van der Waals surface area contributed by atoms with Gasteiger partial charge in [-0.15, -0.1) is 11.8 Å². The summed E-state index contributed by atoms with van der Waals surface area (Å²) >= 11 is 1.41. The van der Waals surface area contributed by atoms with Crippen molar-refractivity contribution in [2.24, 2.45) is 0 Å². The number of carbonyl (C=O) groups excluding carboxylic acids is 2. The van der Waals surface area contributed by atoms with Crippen LogP contribution < -0.4 is 5.32 Å². The first-order valence-electron chi connectivity index (χ1n) is 6.85. The van der Waals surface area contributed by atoms with Gasteiger partial charge >= 0.3 is 5.97 Å². The highest BCUT2D eigenvalue weighted by molar-refractivity contribution is 7.98. The molecule has 2 rings (SSSR count). The lowest BCUT2D eigenvalue weighted by atomic mass is 10.2. The van der Waals surface area contributed by atoms with Crippen LogP contribution in [0.3, 0.4) is 0 Å². The topological polar surface area (TPSA) is 98.5 Å². The number of thioether (sulfide) groups is 1. The predicted molar refractivity (Wildman–Crippen MR) is 90.2 cm³/mol. The quantitative estimate of drug-likeness (QED) is 0.373. The Labute approximate surface area is 142 Å². The molecule has 2 aromatic rings. The zero-order valence-electron chi connectivity index (χ0n) is 12.7. The fourth-order valence-corrected chi connectivity index (χ4v) is 2.47. The van der Waals surface area contributed by atoms with Crippen molar-refractivity contribution in [1.29, 1.82) is 0 Å². The summed E-state index contributed by atoms with van der Waals surface area (Å²) in [5, 5.41) is 13.1. The summed E-state index contributed by atoms with van der Waals surface area (Å²) in [7, 11) is 0. The van der Waals surface area contributed by atoms with Gasteiger partial charge < -0.3 is 10.1 Å². The van der Waals surface area contributed by atoms with Crippen LogP contribution in [0.15, 0.2) is 53.4 Å². The minimum Gasteiger partial charge on any atom is -0.452 e. The summed E-state index contributed by atoms with van der Waals surface area (Å²) < 4.78 is 4.99. The summed E-state index contributed by atoms with van der Waals surface area (Å²) in [5.74, 6) is -1.11. The zero-order chi connectivity index (χ0) is 17.5. The molecule has 0 aliphatic carbocycles. The number of rotatable bonds is 6. The minimum absolute atomic E-state index is 0.0758. The number of amides is 1. The fraction of sp³-hybridized carbons (Fsp3) is 0.125. The SMILES string of the molecule is CSc1ccccc1C(=O)OCC(=O)Nc1ccc([N+](=O)[O-])cc1. The summed E-state index contributed by atoms with van der Waals surface area (Å²) in [6, 6.07) is 12.3. The number of non-ortho nitro benzene ring substituents is 1. The van der Waals surface area contributed by atoms with Gasteiger partial charge in [0.1, 0.15) is 0 Å². The highest BCUT2D eigenvalue weighted by Gasteiger charge is 2.14. The molecule has 0 unspecified atom stereocenters. The smallest absolute Gasteiger partial charge is 0.339 e. The van der Waals surface area contributed by atoms with Crippen molar-refractivity contribution >= 4 is 35.0 Å². The molecule has 24 heavy (non-hydrogen) atoms. The van der Waals surface area contributed by atoms with E-state index in [1.165, 1.54) is 36.0 Å². The number of nitro groups is 1. The van der Waals surface area contributed by atoms with Gasteiger partial charge in [-0.1, -0.05) is 12.1 Å². The first-order chi connectivity index (χ1) is 11.5. The van der Waals surface area contributed by atoms with Crippen LogP contribution in [0.2, 0.25) is 0 Å². The van der Waals surface area contributed by atoms with E-state index in [0.29, 0.717) is 11.3 Å². The van der Waals surface area contributed by atoms with E-state index in [4.69, 9.17) is 4.74 Å². The van der Waals surface area contributed by atoms with E-state index in [2.05, 4.69) is 5.32 Å². The van der Waals surface area contributed by atoms with Crippen LogP contribution in [-0.4, -0.2) is 29.7 Å². The molecule has 2 aromatic carbocycles. The Balaban J connectivity index is 1.91. The third-order valence-electron chi connectivity index (χ3n) is 3.02. The van der Waals surface area contributed by atoms with Crippen molar-refractivity contribution in [1.82, 2.24) is 0 Å². The van der Waals surface area contributed by atoms with E-state index in [9.17, 15) is 19.7 Å². The van der Waals surface area contributed by atoms with Crippen molar-refractivity contribution in [3.05, 3.63) is 64.2 Å². The van der Waals surface area contributed by atoms with Gasteiger partial charge in [0.15, 0.2) is 6.61 Å². The van der Waals surface area contributed by atoms with Crippen molar-refractivity contribution in [3.63, 3.8) is 0 Å². The Morgan fingerprint density at radius 1 is 1.17 bits per heavy atom. The molecule has 0 fully saturated rings. The van der Waals surface area contributed by atoms with Crippen molar-refractivity contribution < 1.29 is 19.2 Å². The molecule has 8 heteroatoms. The van der Waals surface area contributed by atoms with Gasteiger partial charge in [-0.2, -0.15) is 0 Å². The minimum atomic E-state index is -0.584. The van der Waals surface area contributed by atoms with Crippen LogP contribution in [-0.2, 0) is 9.53 Å². The van der Waals surface area contributed by atoms with Crippen molar-refractivity contribution in [2.45, 2.75) is 4.90 Å². The van der Waals surface area contributed by atoms with Gasteiger partial charge in [0.05, 0.1) is 10.5 Å². The molecule has 0 aromatic heterocycles. The molecular formula is C16H14N2O5S. The number of nitro benzene ring substituents is 1. The van der Waals surface area contributed by atoms with E-state index in [1.807, 2.05) is 12.3 Å². The van der Waals surface area contributed by atoms with Crippen LogP contribution in [0, 0.1) is 10.1 Å². The average molecular weight is 346 g/mol. The lowest BCUT2D eigenvalue weighted by Gasteiger charge is -2.08. The molecule has 0 atom stereocenters. The maximum atomic E-state index is 12.0. The molecule has 1 N–H and O–H groups in total. The van der Waals surface area contributed by atoms with Crippen LogP contribution in [0.5, 0.6) is 0 Å². The molecule has 0 saturated carbocycles. The van der Waals surface area contributed by atoms with Crippen LogP contribution in [0.25, 0.3) is 0 Å². The summed E-state index contributed by atoms with van der Waals surface area (Å²) in [4.78, 5) is 34.6. The number of carbonyl (C=O) groups is 2. The number of hydrogen-bond acceptors (Lipinski definition) is 6. The Bertz CT molecular complexity index is 761. The summed E-state index contributed by atoms with van der Waals surface area (Å²) in [5.41, 5.74) is 0.701. The Morgan fingerprint density at radius 3 is 2.46 bits per heavy atom. The van der Waals surface area contributed by atoms with Gasteiger partial charge in [0.25, 0.3) is 11.6 Å². The second-order valence-electron chi connectivity index (χ2n) is 4.63. The van der Waals surface area contributed by atoms with Gasteiger partial charge in [-0.3, -0.25) is 14.9 Å². The van der Waals surface area contributed by atoms with Crippen molar-refractivity contribution in [2.75, 3.05) is 18.2 Å². The van der Waals surface area contributed by atoms with E-state index < -0.39 is 23.4 Å². The Morgan fingerprint density at radius 2 is 1.83 bits per heavy atom. The normalized spacial score (nSPS) is 10.0. The number of ether oxygens (including phenoxy) is 1. The monoisotopic (exact) mass is 346 g/mol. The third-order valence-corrected chi connectivity index (χ3v) is 3.82. The molecule has 0 heterocycles. The summed E-state index contributed by atoms with van der Waals surface area (Å²) in [6.45, 7) is -0.446. The van der Waals surface area contributed by atoms with Crippen molar-refractivity contribution in [3.8, 4) is 0 Å². The highest BCUT2D eigenvalue weighted by atomic mass is 32.2. The number of hydrogen-bond donors (Lipinski definition) is 1. The van der Waals surface area contributed by atoms with E-state index in [-0.39, 0.29) is 5.69 Å². The molecule has 0 radical (unpaired) electrons. The zero-order valence-corrected chi connectivity index (χ0v) is 13.5. The van der Waals surface area contributed by atoms with Crippen LogP contribution in [0.1, 0.15) is 10.4 Å². The average Bonchev–Trinajstić information content (AvgIpc) is 2.60. The van der Waals surface area contributed by atoms with Crippen LogP contribution >= 0.6 is 11.8 Å². The van der Waals surface area contributed by atoms with Gasteiger partial charge in [0, 0.05) is 22.7 Å². The first kappa shape index (κ1) is 17.5. The number of esters is 1. The van der Waals surface area contributed by atoms with Gasteiger partial charge in [-0.25, -0.2) is 4.79 Å². The predicted octanol–water partition coefficient (Wildman–Crippen LogP) is 3.11. The molecule has 0 aliphatic rings. The number of anilines is 1. The van der Waals surface area contributed by atoms with E-state index in [0.717, 1.165) is 4.90 Å². The Kier molecular flexibility index (Phi) is 5.91. The maximum Gasteiger partial charge on any atom is 0.339 e. The molecule has 0 spiro atoms. The van der Waals surface area contributed by atoms with Gasteiger partial charge in [0.2, 0.25) is 0 Å². The Hall–Kier alpha value is -2.87. The number of nitrogens with zero attached hydrogens (tertiary/aromatic N) is 1. The summed E-state index contributed by atoms with van der Waals surface area (Å²) in [6.07, 6.45) is 1.84. The second-order valence-corrected chi connectivity index (χ2v) is 5.48. The standard InChI is InChI=1S/C16H14N2O5S/c1-24-14-5-3-2-4-13(14)16(20)23-10-15(19)17-11-6-8-12(9-7-11)18(21)22/h2-9H,10H2,1H3,(H,17,19). The molecule has 0 aliphatic heterocycles. The number of benzene rings is 2. The highest BCUT2D eigenvalue weighted by Crippen LogP contribution is 2.20. The maximum absolute atomic E-state index is 12.0. The molecular weight excluding hydrogens is 332 g/mol. The molecule has 1 amide bonds. The second kappa shape index (κ2) is 8.11. The van der Waals surface area contributed by atoms with Gasteiger partial charge in [-0.05, 0) is 30.5 Å². The lowest BCUT2D eigenvalue weighted by molar-refractivity contribution is -0.384. The largest absolute Gasteiger partial charge is 0.452 e. The van der Waals surface area contributed by atoms with E-state index in [1.54, 1.807) is 18.2 Å². The first-order valence-corrected chi connectivity index (χ1v) is 8.08. The lowest BCUT2D eigenvalue weighted by Crippen LogP contribution is -2.21. The molecule has 124 valence electrons. The number of nitrogens with one attached hydrogen (secondary N) is 1. The fourth-order valence-electron chi connectivity index (χ4n) is 1.89. The molecule has 7 nitrogen and oxygen atoms in total. The molecule has 0 saturated heterocycles. The third kappa shape index (κ3) is 4.56. The van der Waals surface area contributed by atoms with E-state index >= 15 is 0 Å².